The van der Waals surface area contributed by atoms with Gasteiger partial charge in [0.15, 0.2) is 0 Å². The van der Waals surface area contributed by atoms with Crippen LogP contribution in [0, 0.1) is 23.1 Å². The minimum Gasteiger partial charge on any atom is -0.356 e. The summed E-state index contributed by atoms with van der Waals surface area (Å²) in [6.45, 7) is 2.38. The number of nitriles is 1. The Bertz CT molecular complexity index is 796. The molecule has 1 atom stereocenters. The van der Waals surface area contributed by atoms with E-state index in [9.17, 15) is 9.18 Å². The summed E-state index contributed by atoms with van der Waals surface area (Å²) in [6, 6.07) is 8.49. The van der Waals surface area contributed by atoms with E-state index < -0.39 is 0 Å². The Morgan fingerprint density at radius 3 is 2.96 bits per heavy atom. The number of aromatic nitrogens is 2. The standard InChI is InChI=1S/C17H18FN5OS/c1-10(21-17-23-22-15(8-19)25-17)9-20-16(24)13-5-12(6-13)11-3-2-4-14(18)7-11/h2-4,7,10,12-13H,5-6,9H2,1H3,(H,20,24)(H,21,23). The molecular formula is C17H18FN5OS. The fourth-order valence-electron chi connectivity index (χ4n) is 2.85. The van der Waals surface area contributed by atoms with Crippen LogP contribution in [-0.4, -0.2) is 28.7 Å². The van der Waals surface area contributed by atoms with E-state index >= 15 is 0 Å². The molecule has 25 heavy (non-hydrogen) atoms. The Labute approximate surface area is 149 Å². The molecule has 2 N–H and O–H groups in total. The van der Waals surface area contributed by atoms with Crippen molar-refractivity contribution in [1.29, 1.82) is 5.26 Å². The molecule has 1 amide bonds. The van der Waals surface area contributed by atoms with Crippen LogP contribution in [0.2, 0.25) is 0 Å². The second-order valence-corrected chi connectivity index (χ2v) is 7.21. The lowest BCUT2D eigenvalue weighted by molar-refractivity contribution is -0.128. The van der Waals surface area contributed by atoms with Crippen LogP contribution in [0.4, 0.5) is 9.52 Å². The molecule has 1 saturated carbocycles. The summed E-state index contributed by atoms with van der Waals surface area (Å²) in [7, 11) is 0. The molecular weight excluding hydrogens is 341 g/mol. The highest BCUT2D eigenvalue weighted by molar-refractivity contribution is 7.15. The van der Waals surface area contributed by atoms with Crippen LogP contribution in [0.5, 0.6) is 0 Å². The van der Waals surface area contributed by atoms with Crippen molar-refractivity contribution in [2.45, 2.75) is 31.7 Å². The van der Waals surface area contributed by atoms with Crippen molar-refractivity contribution in [3.05, 3.63) is 40.7 Å². The second kappa shape index (κ2) is 7.57. The number of halogens is 1. The van der Waals surface area contributed by atoms with E-state index in [2.05, 4.69) is 20.8 Å². The largest absolute Gasteiger partial charge is 0.356 e. The molecule has 130 valence electrons. The molecule has 1 fully saturated rings. The lowest BCUT2D eigenvalue weighted by atomic mass is 9.71. The third-order valence-corrected chi connectivity index (χ3v) is 5.06. The van der Waals surface area contributed by atoms with E-state index in [0.29, 0.717) is 16.7 Å². The van der Waals surface area contributed by atoms with Gasteiger partial charge in [0.05, 0.1) is 0 Å². The van der Waals surface area contributed by atoms with Gasteiger partial charge < -0.3 is 10.6 Å². The molecule has 0 radical (unpaired) electrons. The first kappa shape index (κ1) is 17.3. The molecule has 0 spiro atoms. The van der Waals surface area contributed by atoms with E-state index in [0.717, 1.165) is 18.4 Å². The number of rotatable bonds is 6. The van der Waals surface area contributed by atoms with Gasteiger partial charge in [-0.15, -0.1) is 10.2 Å². The number of carbonyl (C=O) groups excluding carboxylic acids is 1. The van der Waals surface area contributed by atoms with Crippen LogP contribution in [-0.2, 0) is 4.79 Å². The molecule has 1 aliphatic rings. The van der Waals surface area contributed by atoms with Crippen molar-refractivity contribution < 1.29 is 9.18 Å². The summed E-state index contributed by atoms with van der Waals surface area (Å²) in [5.74, 6) is 0.0257. The summed E-state index contributed by atoms with van der Waals surface area (Å²) in [6.07, 6.45) is 1.50. The zero-order valence-corrected chi connectivity index (χ0v) is 14.5. The minimum absolute atomic E-state index is 0.0211. The van der Waals surface area contributed by atoms with Crippen LogP contribution >= 0.6 is 11.3 Å². The van der Waals surface area contributed by atoms with Crippen LogP contribution < -0.4 is 10.6 Å². The Kier molecular flexibility index (Phi) is 5.24. The molecule has 0 bridgehead atoms. The van der Waals surface area contributed by atoms with E-state index in [-0.39, 0.29) is 29.6 Å². The van der Waals surface area contributed by atoms with Gasteiger partial charge in [-0.3, -0.25) is 4.79 Å². The van der Waals surface area contributed by atoms with Gasteiger partial charge in [0.25, 0.3) is 0 Å². The number of benzene rings is 1. The van der Waals surface area contributed by atoms with Crippen LogP contribution in [0.1, 0.15) is 36.3 Å². The molecule has 8 heteroatoms. The maximum atomic E-state index is 13.2. The van der Waals surface area contributed by atoms with Gasteiger partial charge in [-0.25, -0.2) is 4.39 Å². The number of hydrogen-bond acceptors (Lipinski definition) is 6. The maximum Gasteiger partial charge on any atom is 0.223 e. The summed E-state index contributed by atoms with van der Waals surface area (Å²) in [5, 5.41) is 23.2. The molecule has 6 nitrogen and oxygen atoms in total. The van der Waals surface area contributed by atoms with Crippen molar-refractivity contribution >= 4 is 22.4 Å². The summed E-state index contributed by atoms with van der Waals surface area (Å²) < 4.78 is 13.2. The fraction of sp³-hybridized carbons (Fsp3) is 0.412. The molecule has 1 heterocycles. The third kappa shape index (κ3) is 4.31. The predicted molar refractivity (Wildman–Crippen MR) is 92.6 cm³/mol. The Balaban J connectivity index is 1.41. The Hall–Kier alpha value is -2.53. The average molecular weight is 359 g/mol. The SMILES string of the molecule is CC(CNC(=O)C1CC(c2cccc(F)c2)C1)Nc1nnc(C#N)s1. The fourth-order valence-corrected chi connectivity index (χ4v) is 3.50. The quantitative estimate of drug-likeness (QED) is 0.827. The van der Waals surface area contributed by atoms with Crippen LogP contribution in [0.15, 0.2) is 24.3 Å². The van der Waals surface area contributed by atoms with Gasteiger partial charge in [0.1, 0.15) is 11.9 Å². The van der Waals surface area contributed by atoms with Crippen molar-refractivity contribution in [3.8, 4) is 6.07 Å². The highest BCUT2D eigenvalue weighted by Gasteiger charge is 2.35. The van der Waals surface area contributed by atoms with Gasteiger partial charge in [-0.1, -0.05) is 23.5 Å². The first-order valence-electron chi connectivity index (χ1n) is 8.08. The minimum atomic E-state index is -0.235. The third-order valence-electron chi connectivity index (χ3n) is 4.30. The van der Waals surface area contributed by atoms with Gasteiger partial charge in [-0.05, 0) is 43.4 Å². The summed E-state index contributed by atoms with van der Waals surface area (Å²) in [4.78, 5) is 12.2. The average Bonchev–Trinajstić information content (AvgIpc) is 2.99. The van der Waals surface area contributed by atoms with E-state index in [1.807, 2.05) is 19.1 Å². The monoisotopic (exact) mass is 359 g/mol. The van der Waals surface area contributed by atoms with Crippen molar-refractivity contribution in [2.75, 3.05) is 11.9 Å². The smallest absolute Gasteiger partial charge is 0.223 e. The molecule has 2 aromatic rings. The predicted octanol–water partition coefficient (Wildman–Crippen LogP) is 2.66. The zero-order chi connectivity index (χ0) is 17.8. The first-order valence-corrected chi connectivity index (χ1v) is 8.90. The molecule has 0 saturated heterocycles. The van der Waals surface area contributed by atoms with Crippen molar-refractivity contribution in [1.82, 2.24) is 15.5 Å². The van der Waals surface area contributed by atoms with E-state index in [1.165, 1.54) is 17.4 Å². The number of nitrogens with zero attached hydrogens (tertiary/aromatic N) is 3. The van der Waals surface area contributed by atoms with E-state index in [4.69, 9.17) is 5.26 Å². The molecule has 0 aliphatic heterocycles. The number of nitrogens with one attached hydrogen (secondary N) is 2. The number of anilines is 1. The summed E-state index contributed by atoms with van der Waals surface area (Å²) in [5.41, 5.74) is 0.962. The van der Waals surface area contributed by atoms with Crippen molar-refractivity contribution in [3.63, 3.8) is 0 Å². The van der Waals surface area contributed by atoms with Gasteiger partial charge in [0, 0.05) is 18.5 Å². The Morgan fingerprint density at radius 1 is 1.48 bits per heavy atom. The summed E-state index contributed by atoms with van der Waals surface area (Å²) >= 11 is 1.18. The zero-order valence-electron chi connectivity index (χ0n) is 13.7. The maximum absolute atomic E-state index is 13.2. The Morgan fingerprint density at radius 2 is 2.28 bits per heavy atom. The molecule has 1 unspecified atom stereocenters. The highest BCUT2D eigenvalue weighted by atomic mass is 32.1. The van der Waals surface area contributed by atoms with Gasteiger partial charge in [-0.2, -0.15) is 5.26 Å². The topological polar surface area (TPSA) is 90.7 Å². The second-order valence-electron chi connectivity index (χ2n) is 6.23. The van der Waals surface area contributed by atoms with E-state index in [1.54, 1.807) is 12.1 Å². The van der Waals surface area contributed by atoms with Crippen LogP contribution in [0.3, 0.4) is 0 Å². The lowest BCUT2D eigenvalue weighted by Gasteiger charge is -2.34. The molecule has 1 aromatic heterocycles. The number of carbonyl (C=O) groups is 1. The lowest BCUT2D eigenvalue weighted by Crippen LogP contribution is -2.42. The molecule has 3 rings (SSSR count). The van der Waals surface area contributed by atoms with Crippen molar-refractivity contribution in [2.24, 2.45) is 5.92 Å². The highest BCUT2D eigenvalue weighted by Crippen LogP contribution is 2.41. The van der Waals surface area contributed by atoms with Crippen LogP contribution in [0.25, 0.3) is 0 Å². The normalized spacial score (nSPS) is 20.2. The van der Waals surface area contributed by atoms with Gasteiger partial charge >= 0.3 is 0 Å². The molecule has 1 aromatic carbocycles. The number of hydrogen-bond donors (Lipinski definition) is 2. The van der Waals surface area contributed by atoms with Gasteiger partial charge in [0.2, 0.25) is 16.0 Å². The molecule has 1 aliphatic carbocycles. The first-order chi connectivity index (χ1) is 12.0. The number of amides is 1.